The summed E-state index contributed by atoms with van der Waals surface area (Å²) >= 11 is 11.9. The smallest absolute Gasteiger partial charge is 0.344 e. The number of anilines is 1. The standard InChI is InChI=1S/C19H20Cl2N2O6S/c1-12-8-14(5-7-15(12)20)28-11-19(25)29-10-18(24)22-13-4-6-16(21)17(9-13)30(26,27)23(2)3/h4-9H,10-11H2,1-3H3,(H,22,24). The van der Waals surface area contributed by atoms with Gasteiger partial charge in [-0.05, 0) is 48.9 Å². The summed E-state index contributed by atoms with van der Waals surface area (Å²) in [6.45, 7) is 0.838. The van der Waals surface area contributed by atoms with Crippen molar-refractivity contribution in [1.29, 1.82) is 0 Å². The third-order valence-electron chi connectivity index (χ3n) is 3.82. The van der Waals surface area contributed by atoms with Crippen LogP contribution in [0.5, 0.6) is 5.75 Å². The number of carbonyl (C=O) groups is 2. The van der Waals surface area contributed by atoms with Gasteiger partial charge in [0.25, 0.3) is 5.91 Å². The Morgan fingerprint density at radius 3 is 2.33 bits per heavy atom. The summed E-state index contributed by atoms with van der Waals surface area (Å²) in [5.74, 6) is -0.958. The van der Waals surface area contributed by atoms with E-state index in [-0.39, 0.29) is 22.2 Å². The predicted octanol–water partition coefficient (Wildman–Crippen LogP) is 3.11. The second-order valence-corrected chi connectivity index (χ2v) is 9.28. The Labute approximate surface area is 184 Å². The highest BCUT2D eigenvalue weighted by molar-refractivity contribution is 7.89. The Balaban J connectivity index is 1.90. The molecule has 0 unspecified atom stereocenters. The van der Waals surface area contributed by atoms with Gasteiger partial charge in [0, 0.05) is 24.8 Å². The monoisotopic (exact) mass is 474 g/mol. The zero-order valence-electron chi connectivity index (χ0n) is 16.4. The first-order valence-corrected chi connectivity index (χ1v) is 10.8. The van der Waals surface area contributed by atoms with Gasteiger partial charge in [0.15, 0.2) is 13.2 Å². The quantitative estimate of drug-likeness (QED) is 0.589. The molecular formula is C19H20Cl2N2O6S. The number of aryl methyl sites for hydroxylation is 1. The molecule has 0 aliphatic heterocycles. The minimum Gasteiger partial charge on any atom is -0.482 e. The minimum atomic E-state index is -3.79. The fourth-order valence-corrected chi connectivity index (χ4v) is 3.72. The Morgan fingerprint density at radius 2 is 1.70 bits per heavy atom. The maximum absolute atomic E-state index is 12.3. The first kappa shape index (κ1) is 23.9. The van der Waals surface area contributed by atoms with Crippen molar-refractivity contribution >= 4 is 50.8 Å². The molecule has 0 saturated heterocycles. The van der Waals surface area contributed by atoms with E-state index in [1.165, 1.54) is 32.3 Å². The highest BCUT2D eigenvalue weighted by Gasteiger charge is 2.21. The molecule has 0 aliphatic rings. The Bertz CT molecular complexity index is 1060. The van der Waals surface area contributed by atoms with E-state index in [0.717, 1.165) is 9.87 Å². The molecule has 0 radical (unpaired) electrons. The van der Waals surface area contributed by atoms with Gasteiger partial charge in [0.05, 0.1) is 5.02 Å². The third kappa shape index (κ3) is 6.33. The van der Waals surface area contributed by atoms with E-state index in [1.54, 1.807) is 25.1 Å². The van der Waals surface area contributed by atoms with Crippen molar-refractivity contribution in [2.75, 3.05) is 32.6 Å². The fourth-order valence-electron chi connectivity index (χ4n) is 2.21. The molecule has 11 heteroatoms. The molecule has 0 atom stereocenters. The summed E-state index contributed by atoms with van der Waals surface area (Å²) in [5.41, 5.74) is 0.981. The molecule has 0 fully saturated rings. The van der Waals surface area contributed by atoms with Gasteiger partial charge < -0.3 is 14.8 Å². The number of sulfonamides is 1. The van der Waals surface area contributed by atoms with Gasteiger partial charge >= 0.3 is 5.97 Å². The molecule has 0 spiro atoms. The van der Waals surface area contributed by atoms with Gasteiger partial charge in [-0.2, -0.15) is 0 Å². The molecule has 8 nitrogen and oxygen atoms in total. The molecule has 1 N–H and O–H groups in total. The molecule has 30 heavy (non-hydrogen) atoms. The van der Waals surface area contributed by atoms with Crippen LogP contribution in [0.4, 0.5) is 5.69 Å². The van der Waals surface area contributed by atoms with Crippen molar-refractivity contribution in [3.63, 3.8) is 0 Å². The molecule has 0 saturated carbocycles. The summed E-state index contributed by atoms with van der Waals surface area (Å²) < 4.78 is 35.7. The SMILES string of the molecule is Cc1cc(OCC(=O)OCC(=O)Nc2ccc(Cl)c(S(=O)(=O)N(C)C)c2)ccc1Cl. The van der Waals surface area contributed by atoms with Gasteiger partial charge in [0.2, 0.25) is 10.0 Å². The number of hydrogen-bond donors (Lipinski definition) is 1. The summed E-state index contributed by atoms with van der Waals surface area (Å²) in [6.07, 6.45) is 0. The maximum Gasteiger partial charge on any atom is 0.344 e. The van der Waals surface area contributed by atoms with Gasteiger partial charge in [-0.25, -0.2) is 17.5 Å². The van der Waals surface area contributed by atoms with Crippen LogP contribution in [0.25, 0.3) is 0 Å². The average Bonchev–Trinajstić information content (AvgIpc) is 2.68. The third-order valence-corrected chi connectivity index (χ3v) is 6.54. The van der Waals surface area contributed by atoms with Crippen LogP contribution < -0.4 is 10.1 Å². The van der Waals surface area contributed by atoms with Gasteiger partial charge in [-0.15, -0.1) is 0 Å². The van der Waals surface area contributed by atoms with Gasteiger partial charge in [-0.1, -0.05) is 23.2 Å². The van der Waals surface area contributed by atoms with Crippen LogP contribution in [-0.4, -0.2) is 51.9 Å². The number of benzene rings is 2. The number of esters is 1. The van der Waals surface area contributed by atoms with Crippen LogP contribution in [0.2, 0.25) is 10.0 Å². The topological polar surface area (TPSA) is 102 Å². The van der Waals surface area contributed by atoms with Crippen LogP contribution in [0.15, 0.2) is 41.3 Å². The summed E-state index contributed by atoms with van der Waals surface area (Å²) in [5, 5.41) is 3.04. The van der Waals surface area contributed by atoms with E-state index in [9.17, 15) is 18.0 Å². The fraction of sp³-hybridized carbons (Fsp3) is 0.263. The molecule has 2 aromatic rings. The number of nitrogens with zero attached hydrogens (tertiary/aromatic N) is 1. The Morgan fingerprint density at radius 1 is 1.03 bits per heavy atom. The average molecular weight is 475 g/mol. The van der Waals surface area contributed by atoms with E-state index >= 15 is 0 Å². The lowest BCUT2D eigenvalue weighted by Crippen LogP contribution is -2.24. The maximum atomic E-state index is 12.3. The largest absolute Gasteiger partial charge is 0.482 e. The van der Waals surface area contributed by atoms with Crippen molar-refractivity contribution in [3.8, 4) is 5.75 Å². The number of ether oxygens (including phenoxy) is 2. The van der Waals surface area contributed by atoms with E-state index < -0.39 is 28.5 Å². The van der Waals surface area contributed by atoms with Crippen LogP contribution in [0.3, 0.4) is 0 Å². The summed E-state index contributed by atoms with van der Waals surface area (Å²) in [6, 6.07) is 8.92. The molecule has 0 heterocycles. The Hall–Kier alpha value is -2.33. The van der Waals surface area contributed by atoms with Crippen LogP contribution >= 0.6 is 23.2 Å². The molecular weight excluding hydrogens is 455 g/mol. The summed E-state index contributed by atoms with van der Waals surface area (Å²) in [7, 11) is -1.06. The van der Waals surface area contributed by atoms with E-state index in [2.05, 4.69) is 5.32 Å². The number of carbonyl (C=O) groups excluding carboxylic acids is 2. The first-order chi connectivity index (χ1) is 14.0. The summed E-state index contributed by atoms with van der Waals surface area (Å²) in [4.78, 5) is 23.6. The van der Waals surface area contributed by atoms with Crippen molar-refractivity contribution in [2.24, 2.45) is 0 Å². The van der Waals surface area contributed by atoms with E-state index in [1.807, 2.05) is 0 Å². The van der Waals surface area contributed by atoms with Crippen molar-refractivity contribution in [1.82, 2.24) is 4.31 Å². The lowest BCUT2D eigenvalue weighted by atomic mass is 10.2. The molecule has 0 aliphatic carbocycles. The Kier molecular flexibility index (Phi) is 8.08. The van der Waals surface area contributed by atoms with Crippen molar-refractivity contribution < 1.29 is 27.5 Å². The lowest BCUT2D eigenvalue weighted by Gasteiger charge is -2.14. The van der Waals surface area contributed by atoms with Crippen LogP contribution in [0.1, 0.15) is 5.56 Å². The molecule has 162 valence electrons. The number of amides is 1. The van der Waals surface area contributed by atoms with Crippen LogP contribution in [0, 0.1) is 6.92 Å². The van der Waals surface area contributed by atoms with E-state index in [0.29, 0.717) is 10.8 Å². The number of rotatable bonds is 8. The molecule has 1 amide bonds. The highest BCUT2D eigenvalue weighted by atomic mass is 35.5. The minimum absolute atomic E-state index is 0.0164. The first-order valence-electron chi connectivity index (χ1n) is 8.57. The zero-order valence-corrected chi connectivity index (χ0v) is 18.8. The number of nitrogens with one attached hydrogen (secondary N) is 1. The van der Waals surface area contributed by atoms with Gasteiger partial charge in [0.1, 0.15) is 10.6 Å². The van der Waals surface area contributed by atoms with E-state index in [4.69, 9.17) is 32.7 Å². The van der Waals surface area contributed by atoms with Crippen molar-refractivity contribution in [3.05, 3.63) is 52.0 Å². The number of halogens is 2. The molecule has 2 aromatic carbocycles. The highest BCUT2D eigenvalue weighted by Crippen LogP contribution is 2.27. The molecule has 0 bridgehead atoms. The normalized spacial score (nSPS) is 11.3. The zero-order chi connectivity index (χ0) is 22.5. The number of hydrogen-bond acceptors (Lipinski definition) is 6. The predicted molar refractivity (Wildman–Crippen MR) is 114 cm³/mol. The molecule has 2 rings (SSSR count). The van der Waals surface area contributed by atoms with Gasteiger partial charge in [-0.3, -0.25) is 4.79 Å². The molecule has 0 aromatic heterocycles. The second-order valence-electron chi connectivity index (χ2n) is 6.34. The van der Waals surface area contributed by atoms with Crippen molar-refractivity contribution in [2.45, 2.75) is 11.8 Å². The lowest BCUT2D eigenvalue weighted by molar-refractivity contribution is -0.149. The van der Waals surface area contributed by atoms with Crippen LogP contribution in [-0.2, 0) is 24.3 Å². The second kappa shape index (κ2) is 10.1.